The van der Waals surface area contributed by atoms with Gasteiger partial charge in [-0.1, -0.05) is 20.8 Å². The molecule has 1 aliphatic carbocycles. The average molecular weight is 306 g/mol. The van der Waals surface area contributed by atoms with Gasteiger partial charge in [-0.3, -0.25) is 0 Å². The van der Waals surface area contributed by atoms with E-state index in [9.17, 15) is 13.2 Å². The molecule has 1 aliphatic rings. The summed E-state index contributed by atoms with van der Waals surface area (Å²) in [5.41, 5.74) is 5.94. The first-order valence-corrected chi connectivity index (χ1v) is 7.66. The molecule has 0 saturated heterocycles. The Labute approximate surface area is 121 Å². The van der Waals surface area contributed by atoms with Crippen LogP contribution in [0.15, 0.2) is 6.20 Å². The van der Waals surface area contributed by atoms with Crippen LogP contribution in [0.4, 0.5) is 13.2 Å². The van der Waals surface area contributed by atoms with Crippen LogP contribution in [0.3, 0.4) is 0 Å². The van der Waals surface area contributed by atoms with Crippen LogP contribution in [0, 0.1) is 11.3 Å². The molecule has 0 spiro atoms. The van der Waals surface area contributed by atoms with Gasteiger partial charge in [-0.25, -0.2) is 4.98 Å². The van der Waals surface area contributed by atoms with Crippen molar-refractivity contribution >= 4 is 11.3 Å². The second-order valence-electron chi connectivity index (χ2n) is 6.82. The highest BCUT2D eigenvalue weighted by Gasteiger charge is 2.41. The first-order valence-electron chi connectivity index (χ1n) is 6.85. The molecular weight excluding hydrogens is 285 g/mol. The normalized spacial score (nSPS) is 28.6. The van der Waals surface area contributed by atoms with Crippen molar-refractivity contribution in [1.82, 2.24) is 4.98 Å². The lowest BCUT2D eigenvalue weighted by Gasteiger charge is -2.41. The van der Waals surface area contributed by atoms with Gasteiger partial charge in [0, 0.05) is 11.1 Å². The monoisotopic (exact) mass is 306 g/mol. The largest absolute Gasteiger partial charge is 0.443 e. The van der Waals surface area contributed by atoms with Crippen LogP contribution in [-0.2, 0) is 11.7 Å². The van der Waals surface area contributed by atoms with E-state index in [0.29, 0.717) is 22.1 Å². The minimum absolute atomic E-state index is 0.228. The van der Waals surface area contributed by atoms with Gasteiger partial charge in [0.15, 0.2) is 5.01 Å². The van der Waals surface area contributed by atoms with Crippen molar-refractivity contribution in [2.24, 2.45) is 17.1 Å². The maximum Gasteiger partial charge on any atom is 0.443 e. The number of nitrogens with two attached hydrogens (primary N) is 1. The van der Waals surface area contributed by atoms with Gasteiger partial charge in [0.1, 0.15) is 0 Å². The molecule has 0 atom stereocenters. The Morgan fingerprint density at radius 1 is 1.25 bits per heavy atom. The number of alkyl halides is 3. The quantitative estimate of drug-likeness (QED) is 0.826. The Morgan fingerprint density at radius 2 is 1.80 bits per heavy atom. The fourth-order valence-electron chi connectivity index (χ4n) is 2.88. The van der Waals surface area contributed by atoms with Crippen LogP contribution in [0.2, 0.25) is 0 Å². The van der Waals surface area contributed by atoms with Crippen molar-refractivity contribution < 1.29 is 13.2 Å². The van der Waals surface area contributed by atoms with E-state index in [1.54, 1.807) is 0 Å². The molecule has 0 bridgehead atoms. The highest BCUT2D eigenvalue weighted by molar-refractivity contribution is 7.11. The molecule has 1 aromatic rings. The summed E-state index contributed by atoms with van der Waals surface area (Å²) in [6, 6.07) is 0. The van der Waals surface area contributed by atoms with Crippen LogP contribution in [0.1, 0.15) is 56.3 Å². The molecule has 2 rings (SSSR count). The molecule has 0 radical (unpaired) electrons. The van der Waals surface area contributed by atoms with E-state index in [-0.39, 0.29) is 5.41 Å². The number of hydrogen-bond donors (Lipinski definition) is 1. The predicted molar refractivity (Wildman–Crippen MR) is 74.4 cm³/mol. The van der Waals surface area contributed by atoms with Crippen LogP contribution >= 0.6 is 11.3 Å². The third kappa shape index (κ3) is 3.17. The smallest absolute Gasteiger partial charge is 0.321 e. The molecule has 0 amide bonds. The summed E-state index contributed by atoms with van der Waals surface area (Å²) >= 11 is 0.693. The van der Waals surface area contributed by atoms with E-state index in [0.717, 1.165) is 25.7 Å². The molecule has 0 unspecified atom stereocenters. The molecule has 1 saturated carbocycles. The third-order valence-electron chi connectivity index (χ3n) is 4.34. The van der Waals surface area contributed by atoms with Crippen molar-refractivity contribution in [3.05, 3.63) is 16.1 Å². The molecule has 20 heavy (non-hydrogen) atoms. The number of hydrogen-bond acceptors (Lipinski definition) is 3. The lowest BCUT2D eigenvalue weighted by molar-refractivity contribution is -0.137. The van der Waals surface area contributed by atoms with E-state index in [4.69, 9.17) is 5.73 Å². The fourth-order valence-corrected chi connectivity index (χ4v) is 3.82. The summed E-state index contributed by atoms with van der Waals surface area (Å²) in [5, 5.41) is -0.796. The Balaban J connectivity index is 2.12. The molecule has 0 aromatic carbocycles. The van der Waals surface area contributed by atoms with Crippen molar-refractivity contribution in [3.8, 4) is 0 Å². The van der Waals surface area contributed by atoms with Gasteiger partial charge in [0.2, 0.25) is 0 Å². The molecule has 2 N–H and O–H groups in total. The molecule has 0 aliphatic heterocycles. The number of nitrogens with zero attached hydrogens (tertiary/aromatic N) is 1. The van der Waals surface area contributed by atoms with Gasteiger partial charge in [-0.05, 0) is 37.0 Å². The summed E-state index contributed by atoms with van der Waals surface area (Å²) in [5.74, 6) is 0.578. The maximum atomic E-state index is 12.6. The highest BCUT2D eigenvalue weighted by atomic mass is 32.1. The van der Waals surface area contributed by atoms with Gasteiger partial charge in [-0.15, -0.1) is 11.3 Å². The maximum absolute atomic E-state index is 12.6. The van der Waals surface area contributed by atoms with Crippen LogP contribution < -0.4 is 5.73 Å². The second-order valence-corrected chi connectivity index (χ2v) is 7.85. The molecule has 1 heterocycles. The van der Waals surface area contributed by atoms with E-state index < -0.39 is 16.7 Å². The van der Waals surface area contributed by atoms with E-state index in [1.807, 2.05) is 0 Å². The van der Waals surface area contributed by atoms with Gasteiger partial charge in [-0.2, -0.15) is 13.2 Å². The molecule has 1 fully saturated rings. The summed E-state index contributed by atoms with van der Waals surface area (Å²) in [4.78, 5) is 4.06. The van der Waals surface area contributed by atoms with Gasteiger partial charge >= 0.3 is 6.18 Å². The van der Waals surface area contributed by atoms with Crippen LogP contribution in [0.25, 0.3) is 0 Å². The zero-order valence-electron chi connectivity index (χ0n) is 12.0. The van der Waals surface area contributed by atoms with Gasteiger partial charge in [0.05, 0.1) is 5.54 Å². The number of aromatic nitrogens is 1. The van der Waals surface area contributed by atoms with Crippen molar-refractivity contribution in [2.75, 3.05) is 0 Å². The summed E-state index contributed by atoms with van der Waals surface area (Å²) < 4.78 is 37.9. The second kappa shape index (κ2) is 4.98. The number of halogens is 3. The number of rotatable bonds is 1. The Bertz CT molecular complexity index is 465. The SMILES string of the molecule is CC(C)(C)C1CCC(N)(c2cnc(C(F)(F)F)s2)CC1. The molecule has 6 heteroatoms. The minimum atomic E-state index is -4.37. The number of thiazole rings is 1. The summed E-state index contributed by atoms with van der Waals surface area (Å²) in [6.07, 6.45) is 0.314. The Hall–Kier alpha value is -0.620. The van der Waals surface area contributed by atoms with Crippen molar-refractivity contribution in [2.45, 2.75) is 58.2 Å². The zero-order chi connectivity index (χ0) is 15.2. The third-order valence-corrected chi connectivity index (χ3v) is 5.60. The Morgan fingerprint density at radius 3 is 2.20 bits per heavy atom. The van der Waals surface area contributed by atoms with Crippen LogP contribution in [-0.4, -0.2) is 4.98 Å². The van der Waals surface area contributed by atoms with Gasteiger partial charge in [0.25, 0.3) is 0 Å². The van der Waals surface area contributed by atoms with E-state index in [2.05, 4.69) is 25.8 Å². The molecule has 2 nitrogen and oxygen atoms in total. The topological polar surface area (TPSA) is 38.9 Å². The lowest BCUT2D eigenvalue weighted by atomic mass is 9.67. The summed E-state index contributed by atoms with van der Waals surface area (Å²) in [7, 11) is 0. The predicted octanol–water partition coefficient (Wildman–Crippen LogP) is 4.55. The van der Waals surface area contributed by atoms with Gasteiger partial charge < -0.3 is 5.73 Å². The molecule has 1 aromatic heterocycles. The van der Waals surface area contributed by atoms with Crippen LogP contribution in [0.5, 0.6) is 0 Å². The highest BCUT2D eigenvalue weighted by Crippen LogP contribution is 2.46. The fraction of sp³-hybridized carbons (Fsp3) is 0.786. The van der Waals surface area contributed by atoms with E-state index in [1.165, 1.54) is 6.20 Å². The standard InChI is InChI=1S/C14H21F3N2S/c1-12(2,3)9-4-6-13(18,7-5-9)10-8-19-11(20-10)14(15,16)17/h8-9H,4-7,18H2,1-3H3. The van der Waals surface area contributed by atoms with E-state index >= 15 is 0 Å². The first-order chi connectivity index (χ1) is 9.02. The zero-order valence-corrected chi connectivity index (χ0v) is 12.9. The Kier molecular flexibility index (Phi) is 3.93. The molecule has 114 valence electrons. The first kappa shape index (κ1) is 15.8. The minimum Gasteiger partial charge on any atom is -0.321 e. The van der Waals surface area contributed by atoms with Crippen molar-refractivity contribution in [1.29, 1.82) is 0 Å². The average Bonchev–Trinajstić information content (AvgIpc) is 2.77. The lowest BCUT2D eigenvalue weighted by Crippen LogP contribution is -2.41. The summed E-state index contributed by atoms with van der Waals surface area (Å²) in [6.45, 7) is 6.61. The molecular formula is C14H21F3N2S. The van der Waals surface area contributed by atoms with Crippen molar-refractivity contribution in [3.63, 3.8) is 0 Å².